The van der Waals surface area contributed by atoms with Gasteiger partial charge < -0.3 is 9.80 Å². The van der Waals surface area contributed by atoms with Crippen LogP contribution in [0.15, 0.2) is 55.3 Å². The van der Waals surface area contributed by atoms with Crippen LogP contribution in [0.1, 0.15) is 58.4 Å². The van der Waals surface area contributed by atoms with Crippen molar-refractivity contribution in [1.82, 2.24) is 9.80 Å². The van der Waals surface area contributed by atoms with E-state index in [1.54, 1.807) is 0 Å². The van der Waals surface area contributed by atoms with Crippen LogP contribution in [0.25, 0.3) is 0 Å². The third-order valence-corrected chi connectivity index (χ3v) is 5.94. The van der Waals surface area contributed by atoms with E-state index in [0.717, 1.165) is 51.4 Å². The number of benzene rings is 1. The molecule has 0 fully saturated rings. The van der Waals surface area contributed by atoms with Gasteiger partial charge in [-0.2, -0.15) is 0 Å². The minimum Gasteiger partial charge on any atom is -0.374 e. The first-order valence-corrected chi connectivity index (χ1v) is 11.2. The molecule has 0 spiro atoms. The fourth-order valence-corrected chi connectivity index (χ4v) is 3.29. The smallest absolute Gasteiger partial charge is 0.0302 e. The minimum atomic E-state index is 0.561. The van der Waals surface area contributed by atoms with Crippen LogP contribution in [0, 0.1) is 11.8 Å². The summed E-state index contributed by atoms with van der Waals surface area (Å²) in [6.07, 6.45) is 9.30. The van der Waals surface area contributed by atoms with Crippen molar-refractivity contribution in [3.05, 3.63) is 60.8 Å². The topological polar surface area (TPSA) is 6.48 Å². The van der Waals surface area contributed by atoms with Gasteiger partial charge in [0.2, 0.25) is 0 Å². The highest BCUT2D eigenvalue weighted by molar-refractivity contribution is 5.14. The minimum absolute atomic E-state index is 0.561. The Hall–Kier alpha value is -1.54. The van der Waals surface area contributed by atoms with Gasteiger partial charge in [0, 0.05) is 31.9 Å². The number of nitrogens with zero attached hydrogens (tertiary/aromatic N) is 2. The van der Waals surface area contributed by atoms with E-state index in [0.29, 0.717) is 5.92 Å². The molecule has 0 amide bonds. The SMILES string of the molecule is C=C[C@@H](C)CCN(CCN(C)CCc1ccccc1)C(=C)CCC[C@@H](C)CC. The lowest BCUT2D eigenvalue weighted by Gasteiger charge is -2.30. The predicted molar refractivity (Wildman–Crippen MR) is 126 cm³/mol. The third kappa shape index (κ3) is 10.7. The van der Waals surface area contributed by atoms with Gasteiger partial charge in [0.05, 0.1) is 0 Å². The summed E-state index contributed by atoms with van der Waals surface area (Å²) in [5.74, 6) is 1.39. The van der Waals surface area contributed by atoms with Crippen molar-refractivity contribution in [3.63, 3.8) is 0 Å². The van der Waals surface area contributed by atoms with E-state index in [1.807, 2.05) is 0 Å². The second-order valence-corrected chi connectivity index (χ2v) is 8.50. The number of likely N-dealkylation sites (N-methyl/N-ethyl adjacent to an activating group) is 1. The maximum absolute atomic E-state index is 4.43. The fraction of sp³-hybridized carbons (Fsp3) is 0.615. The molecule has 0 radical (unpaired) electrons. The van der Waals surface area contributed by atoms with Crippen molar-refractivity contribution >= 4 is 0 Å². The standard InChI is InChI=1S/C26H44N2/c1-7-23(3)13-12-14-25(5)28(20-17-24(4)8-2)22-21-27(6)19-18-26-15-10-9-11-16-26/h8-11,15-16,23-24H,2,5,7,12-14,17-22H2,1,3-4,6H3/t23-,24+/m0/s1. The highest BCUT2D eigenvalue weighted by atomic mass is 15.2. The lowest BCUT2D eigenvalue weighted by molar-refractivity contribution is 0.251. The summed E-state index contributed by atoms with van der Waals surface area (Å²) in [5.41, 5.74) is 2.73. The van der Waals surface area contributed by atoms with Crippen LogP contribution in [0.5, 0.6) is 0 Å². The predicted octanol–water partition coefficient (Wildman–Crippen LogP) is 6.41. The van der Waals surface area contributed by atoms with Gasteiger partial charge in [-0.3, -0.25) is 0 Å². The Morgan fingerprint density at radius 1 is 1.04 bits per heavy atom. The highest BCUT2D eigenvalue weighted by Crippen LogP contribution is 2.18. The maximum atomic E-state index is 4.43. The van der Waals surface area contributed by atoms with Crippen LogP contribution in [-0.2, 0) is 6.42 Å². The zero-order valence-electron chi connectivity index (χ0n) is 19.0. The molecular weight excluding hydrogens is 340 g/mol. The van der Waals surface area contributed by atoms with E-state index in [9.17, 15) is 0 Å². The van der Waals surface area contributed by atoms with Gasteiger partial charge in [-0.15, -0.1) is 6.58 Å². The van der Waals surface area contributed by atoms with E-state index < -0.39 is 0 Å². The lowest BCUT2D eigenvalue weighted by Crippen LogP contribution is -2.34. The molecular formula is C26H44N2. The number of allylic oxidation sites excluding steroid dienone is 2. The Balaban J connectivity index is 2.46. The molecule has 0 saturated carbocycles. The molecule has 2 heteroatoms. The van der Waals surface area contributed by atoms with Crippen LogP contribution in [0.3, 0.4) is 0 Å². The Kier molecular flexibility index (Phi) is 12.6. The molecule has 0 aliphatic heterocycles. The number of hydrogen-bond donors (Lipinski definition) is 0. The zero-order chi connectivity index (χ0) is 20.8. The summed E-state index contributed by atoms with van der Waals surface area (Å²) < 4.78 is 0. The molecule has 0 unspecified atom stereocenters. The van der Waals surface area contributed by atoms with Gasteiger partial charge in [0.25, 0.3) is 0 Å². The highest BCUT2D eigenvalue weighted by Gasteiger charge is 2.11. The second kappa shape index (κ2) is 14.5. The Labute approximate surface area is 175 Å². The van der Waals surface area contributed by atoms with Gasteiger partial charge in [-0.25, -0.2) is 0 Å². The first kappa shape index (κ1) is 24.5. The number of hydrogen-bond acceptors (Lipinski definition) is 2. The van der Waals surface area contributed by atoms with E-state index >= 15 is 0 Å². The average molecular weight is 385 g/mol. The van der Waals surface area contributed by atoms with Crippen molar-refractivity contribution in [2.75, 3.05) is 33.2 Å². The largest absolute Gasteiger partial charge is 0.374 e. The molecule has 0 N–H and O–H groups in total. The summed E-state index contributed by atoms with van der Waals surface area (Å²) >= 11 is 0. The van der Waals surface area contributed by atoms with Crippen molar-refractivity contribution < 1.29 is 0 Å². The van der Waals surface area contributed by atoms with Crippen molar-refractivity contribution in [1.29, 1.82) is 0 Å². The summed E-state index contributed by atoms with van der Waals surface area (Å²) in [5, 5.41) is 0. The summed E-state index contributed by atoms with van der Waals surface area (Å²) in [4.78, 5) is 4.97. The van der Waals surface area contributed by atoms with Crippen LogP contribution in [0.2, 0.25) is 0 Å². The summed E-state index contributed by atoms with van der Waals surface area (Å²) in [7, 11) is 2.24. The molecule has 2 atom stereocenters. The molecule has 2 nitrogen and oxygen atoms in total. The van der Waals surface area contributed by atoms with Gasteiger partial charge in [-0.05, 0) is 50.1 Å². The van der Waals surface area contributed by atoms with Crippen LogP contribution in [-0.4, -0.2) is 43.0 Å². The van der Waals surface area contributed by atoms with Crippen molar-refractivity contribution in [2.24, 2.45) is 11.8 Å². The van der Waals surface area contributed by atoms with Gasteiger partial charge in [0.15, 0.2) is 0 Å². The van der Waals surface area contributed by atoms with Gasteiger partial charge in [0.1, 0.15) is 0 Å². The summed E-state index contributed by atoms with van der Waals surface area (Å²) in [6, 6.07) is 10.8. The van der Waals surface area contributed by atoms with E-state index in [2.05, 4.69) is 87.2 Å². The van der Waals surface area contributed by atoms with Crippen LogP contribution < -0.4 is 0 Å². The molecule has 1 aromatic carbocycles. The third-order valence-electron chi connectivity index (χ3n) is 5.94. The quantitative estimate of drug-likeness (QED) is 0.304. The fourth-order valence-electron chi connectivity index (χ4n) is 3.29. The zero-order valence-corrected chi connectivity index (χ0v) is 19.0. The molecule has 0 aromatic heterocycles. The average Bonchev–Trinajstić information content (AvgIpc) is 2.72. The van der Waals surface area contributed by atoms with Crippen molar-refractivity contribution in [3.8, 4) is 0 Å². The normalized spacial score (nSPS) is 13.3. The Morgan fingerprint density at radius 3 is 2.39 bits per heavy atom. The molecule has 1 rings (SSSR count). The maximum Gasteiger partial charge on any atom is 0.0302 e. The molecule has 1 aromatic rings. The van der Waals surface area contributed by atoms with Gasteiger partial charge >= 0.3 is 0 Å². The molecule has 28 heavy (non-hydrogen) atoms. The van der Waals surface area contributed by atoms with E-state index in [1.165, 1.54) is 30.5 Å². The molecule has 158 valence electrons. The molecule has 0 heterocycles. The molecule has 0 saturated heterocycles. The first-order chi connectivity index (χ1) is 13.5. The monoisotopic (exact) mass is 384 g/mol. The van der Waals surface area contributed by atoms with Crippen LogP contribution in [0.4, 0.5) is 0 Å². The second-order valence-electron chi connectivity index (χ2n) is 8.50. The van der Waals surface area contributed by atoms with E-state index in [4.69, 9.17) is 0 Å². The molecule has 0 aliphatic rings. The molecule has 0 aliphatic carbocycles. The Bertz CT molecular complexity index is 537. The van der Waals surface area contributed by atoms with Gasteiger partial charge in [-0.1, -0.05) is 76.6 Å². The van der Waals surface area contributed by atoms with Crippen molar-refractivity contribution in [2.45, 2.75) is 59.3 Å². The summed E-state index contributed by atoms with van der Waals surface area (Å²) in [6.45, 7) is 19.6. The van der Waals surface area contributed by atoms with Crippen LogP contribution >= 0.6 is 0 Å². The Morgan fingerprint density at radius 2 is 1.75 bits per heavy atom. The lowest BCUT2D eigenvalue weighted by atomic mass is 10.0. The number of rotatable bonds is 16. The first-order valence-electron chi connectivity index (χ1n) is 11.2. The van der Waals surface area contributed by atoms with E-state index in [-0.39, 0.29) is 0 Å². The molecule has 0 bridgehead atoms.